The quantitative estimate of drug-likeness (QED) is 0.831. The number of amides is 1. The first-order valence-corrected chi connectivity index (χ1v) is 8.95. The van der Waals surface area contributed by atoms with Gasteiger partial charge in [0.1, 0.15) is 0 Å². The van der Waals surface area contributed by atoms with Crippen LogP contribution in [0, 0.1) is 0 Å². The summed E-state index contributed by atoms with van der Waals surface area (Å²) in [5.74, 6) is 0.292. The summed E-state index contributed by atoms with van der Waals surface area (Å²) < 4.78 is 0. The minimum atomic E-state index is 0.292. The van der Waals surface area contributed by atoms with E-state index in [0.29, 0.717) is 18.4 Å². The summed E-state index contributed by atoms with van der Waals surface area (Å²) in [7, 11) is 0. The Balaban J connectivity index is 1.58. The lowest BCUT2D eigenvalue weighted by atomic mass is 10.1. The number of aromatic nitrogens is 1. The van der Waals surface area contributed by atoms with Gasteiger partial charge in [-0.3, -0.25) is 4.79 Å². The summed E-state index contributed by atoms with van der Waals surface area (Å²) in [6.45, 7) is 3.10. The van der Waals surface area contributed by atoms with Crippen LogP contribution in [0.5, 0.6) is 0 Å². The van der Waals surface area contributed by atoms with Gasteiger partial charge in [0.25, 0.3) is 0 Å². The van der Waals surface area contributed by atoms with Crippen molar-refractivity contribution in [3.05, 3.63) is 40.7 Å². The highest BCUT2D eigenvalue weighted by Crippen LogP contribution is 2.24. The Morgan fingerprint density at radius 3 is 2.95 bits per heavy atom. The molecule has 1 saturated heterocycles. The smallest absolute Gasteiger partial charge is 0.223 e. The minimum Gasteiger partial charge on any atom is -0.340 e. The average Bonchev–Trinajstić information content (AvgIpc) is 3.22. The third kappa shape index (κ3) is 3.38. The molecule has 1 aromatic heterocycles. The Morgan fingerprint density at radius 2 is 2.18 bits per heavy atom. The third-order valence-electron chi connectivity index (χ3n) is 4.34. The van der Waals surface area contributed by atoms with Gasteiger partial charge in [-0.05, 0) is 19.3 Å². The summed E-state index contributed by atoms with van der Waals surface area (Å²) in [5.41, 5.74) is 2.16. The van der Waals surface area contributed by atoms with Crippen LogP contribution in [0.3, 0.4) is 0 Å². The van der Waals surface area contributed by atoms with Crippen LogP contribution in [0.1, 0.15) is 37.6 Å². The molecule has 0 aliphatic carbocycles. The fourth-order valence-corrected chi connectivity index (χ4v) is 3.92. The van der Waals surface area contributed by atoms with E-state index in [1.54, 1.807) is 11.3 Å². The van der Waals surface area contributed by atoms with Gasteiger partial charge < -0.3 is 4.90 Å². The van der Waals surface area contributed by atoms with Gasteiger partial charge in [-0.2, -0.15) is 0 Å². The van der Waals surface area contributed by atoms with Crippen molar-refractivity contribution in [1.29, 1.82) is 0 Å². The maximum Gasteiger partial charge on any atom is 0.223 e. The first kappa shape index (κ1) is 15.2. The van der Waals surface area contributed by atoms with Gasteiger partial charge in [-0.1, -0.05) is 37.3 Å². The lowest BCUT2D eigenvalue weighted by molar-refractivity contribution is -0.132. The largest absolute Gasteiger partial charge is 0.340 e. The van der Waals surface area contributed by atoms with Gasteiger partial charge in [0.15, 0.2) is 0 Å². The van der Waals surface area contributed by atoms with E-state index < -0.39 is 0 Å². The zero-order valence-electron chi connectivity index (χ0n) is 13.0. The molecule has 1 unspecified atom stereocenters. The van der Waals surface area contributed by atoms with E-state index >= 15 is 0 Å². The topological polar surface area (TPSA) is 33.2 Å². The van der Waals surface area contributed by atoms with Crippen molar-refractivity contribution in [2.75, 3.05) is 6.54 Å². The molecule has 4 heteroatoms. The molecule has 3 rings (SSSR count). The lowest BCUT2D eigenvalue weighted by Gasteiger charge is -2.23. The number of carbonyl (C=O) groups excluding carboxylic acids is 1. The summed E-state index contributed by atoms with van der Waals surface area (Å²) >= 11 is 1.65. The Kier molecular flexibility index (Phi) is 4.88. The van der Waals surface area contributed by atoms with Crippen molar-refractivity contribution in [3.8, 4) is 11.3 Å². The molecule has 0 spiro atoms. The number of hydrogen-bond acceptors (Lipinski definition) is 3. The normalized spacial score (nSPS) is 17.9. The Morgan fingerprint density at radius 1 is 1.36 bits per heavy atom. The molecular weight excluding hydrogens is 292 g/mol. The van der Waals surface area contributed by atoms with Crippen LogP contribution in [0.15, 0.2) is 35.7 Å². The van der Waals surface area contributed by atoms with Crippen molar-refractivity contribution >= 4 is 17.2 Å². The van der Waals surface area contributed by atoms with Crippen molar-refractivity contribution in [1.82, 2.24) is 9.88 Å². The van der Waals surface area contributed by atoms with E-state index in [4.69, 9.17) is 0 Å². The zero-order valence-corrected chi connectivity index (χ0v) is 13.8. The van der Waals surface area contributed by atoms with E-state index in [1.807, 2.05) is 18.2 Å². The predicted molar refractivity (Wildman–Crippen MR) is 90.9 cm³/mol. The van der Waals surface area contributed by atoms with Crippen LogP contribution in [0.4, 0.5) is 0 Å². The SMILES string of the molecule is CCC1CCCN1C(=O)CCc1nc(-c2ccccc2)cs1. The van der Waals surface area contributed by atoms with E-state index in [0.717, 1.165) is 48.5 Å². The van der Waals surface area contributed by atoms with Crippen LogP contribution in [-0.4, -0.2) is 28.4 Å². The van der Waals surface area contributed by atoms with Gasteiger partial charge in [-0.15, -0.1) is 11.3 Å². The highest BCUT2D eigenvalue weighted by atomic mass is 32.1. The fraction of sp³-hybridized carbons (Fsp3) is 0.444. The van der Waals surface area contributed by atoms with Crippen LogP contribution in [0.25, 0.3) is 11.3 Å². The molecule has 0 radical (unpaired) electrons. The van der Waals surface area contributed by atoms with Crippen LogP contribution >= 0.6 is 11.3 Å². The number of rotatable bonds is 5. The second kappa shape index (κ2) is 7.05. The van der Waals surface area contributed by atoms with Crippen LogP contribution in [0.2, 0.25) is 0 Å². The number of aryl methyl sites for hydroxylation is 1. The van der Waals surface area contributed by atoms with Crippen molar-refractivity contribution in [2.45, 2.75) is 45.1 Å². The maximum absolute atomic E-state index is 12.4. The van der Waals surface area contributed by atoms with Crippen LogP contribution < -0.4 is 0 Å². The van der Waals surface area contributed by atoms with E-state index in [2.05, 4.69) is 34.3 Å². The fourth-order valence-electron chi connectivity index (χ4n) is 3.11. The molecule has 1 atom stereocenters. The van der Waals surface area contributed by atoms with Crippen molar-refractivity contribution < 1.29 is 4.79 Å². The predicted octanol–water partition coefficient (Wildman–Crippen LogP) is 4.14. The number of benzene rings is 1. The third-order valence-corrected chi connectivity index (χ3v) is 5.25. The Bertz CT molecular complexity index is 623. The molecule has 1 fully saturated rings. The van der Waals surface area contributed by atoms with Gasteiger partial charge in [0.2, 0.25) is 5.91 Å². The number of thiazole rings is 1. The number of likely N-dealkylation sites (tertiary alicyclic amines) is 1. The molecule has 3 nitrogen and oxygen atoms in total. The molecule has 1 aromatic carbocycles. The van der Waals surface area contributed by atoms with Gasteiger partial charge >= 0.3 is 0 Å². The van der Waals surface area contributed by atoms with E-state index in [-0.39, 0.29) is 0 Å². The number of nitrogens with zero attached hydrogens (tertiary/aromatic N) is 2. The van der Waals surface area contributed by atoms with Gasteiger partial charge in [0.05, 0.1) is 10.7 Å². The van der Waals surface area contributed by atoms with E-state index in [9.17, 15) is 4.79 Å². The second-order valence-electron chi connectivity index (χ2n) is 5.78. The second-order valence-corrected chi connectivity index (χ2v) is 6.73. The highest BCUT2D eigenvalue weighted by molar-refractivity contribution is 7.09. The minimum absolute atomic E-state index is 0.292. The first-order valence-electron chi connectivity index (χ1n) is 8.07. The summed E-state index contributed by atoms with van der Waals surface area (Å²) in [6.07, 6.45) is 4.72. The van der Waals surface area contributed by atoms with Gasteiger partial charge in [0, 0.05) is 36.4 Å². The molecule has 2 aromatic rings. The van der Waals surface area contributed by atoms with Crippen LogP contribution in [-0.2, 0) is 11.2 Å². The molecule has 0 N–H and O–H groups in total. The molecule has 1 aliphatic heterocycles. The summed E-state index contributed by atoms with van der Waals surface area (Å²) in [4.78, 5) is 19.1. The molecule has 0 bridgehead atoms. The summed E-state index contributed by atoms with van der Waals surface area (Å²) in [6, 6.07) is 10.7. The lowest BCUT2D eigenvalue weighted by Crippen LogP contribution is -2.35. The number of hydrogen-bond donors (Lipinski definition) is 0. The number of carbonyl (C=O) groups is 1. The summed E-state index contributed by atoms with van der Waals surface area (Å²) in [5, 5.41) is 3.14. The highest BCUT2D eigenvalue weighted by Gasteiger charge is 2.26. The first-order chi connectivity index (χ1) is 10.8. The molecule has 0 saturated carbocycles. The molecule has 116 valence electrons. The monoisotopic (exact) mass is 314 g/mol. The van der Waals surface area contributed by atoms with E-state index in [1.165, 1.54) is 0 Å². The Labute approximate surface area is 136 Å². The average molecular weight is 314 g/mol. The standard InChI is InChI=1S/C18H22N2OS/c1-2-15-9-6-12-20(15)18(21)11-10-17-19-16(13-22-17)14-7-4-3-5-8-14/h3-5,7-8,13,15H,2,6,9-12H2,1H3. The molecule has 22 heavy (non-hydrogen) atoms. The molecule has 1 amide bonds. The van der Waals surface area contributed by atoms with Crippen molar-refractivity contribution in [3.63, 3.8) is 0 Å². The zero-order chi connectivity index (χ0) is 15.4. The van der Waals surface area contributed by atoms with Crippen molar-refractivity contribution in [2.24, 2.45) is 0 Å². The Hall–Kier alpha value is -1.68. The molecular formula is C18H22N2OS. The molecule has 2 heterocycles. The maximum atomic E-state index is 12.4. The molecule has 1 aliphatic rings. The van der Waals surface area contributed by atoms with Gasteiger partial charge in [-0.25, -0.2) is 4.98 Å².